The van der Waals surface area contributed by atoms with Gasteiger partial charge in [0.1, 0.15) is 23.9 Å². The maximum atomic E-state index is 14.1. The van der Waals surface area contributed by atoms with Crippen LogP contribution < -0.4 is 0 Å². The van der Waals surface area contributed by atoms with E-state index in [0.717, 1.165) is 61.7 Å². The van der Waals surface area contributed by atoms with E-state index in [1.165, 1.54) is 44.7 Å². The van der Waals surface area contributed by atoms with Crippen molar-refractivity contribution in [2.45, 2.75) is 87.5 Å². The minimum atomic E-state index is -0.989. The predicted octanol–water partition coefficient (Wildman–Crippen LogP) is 7.68. The van der Waals surface area contributed by atoms with Crippen LogP contribution in [0, 0.1) is 11.2 Å². The van der Waals surface area contributed by atoms with Crippen LogP contribution in [-0.2, 0) is 0 Å². The first-order valence-corrected chi connectivity index (χ1v) is 16.5. The summed E-state index contributed by atoms with van der Waals surface area (Å²) in [4.78, 5) is 12.7. The summed E-state index contributed by atoms with van der Waals surface area (Å²) < 4.78 is 27.7. The molecule has 6 rings (SSSR count). The average molecular weight is 612 g/mol. The Morgan fingerprint density at radius 1 is 1.33 bits per heavy atom. The lowest BCUT2D eigenvalue weighted by Crippen LogP contribution is -2.60. The van der Waals surface area contributed by atoms with E-state index < -0.39 is 18.0 Å². The zero-order valence-corrected chi connectivity index (χ0v) is 25.8. The summed E-state index contributed by atoms with van der Waals surface area (Å²) in [6.07, 6.45) is 13.8. The average Bonchev–Trinajstić information content (AvgIpc) is 3.65. The molecule has 9 heteroatoms. The SMILES string of the molecule is C=CN(CCN1C2CCCC1C2)[C@H]1CC2=C(C(=N)/C=C\CC(C)F)[C@H](c3ccc(F)cc3Cl)N=C(C3CC=CS3)N2C1. The largest absolute Gasteiger partial charge is 0.372 e. The summed E-state index contributed by atoms with van der Waals surface area (Å²) in [5.74, 6) is 0.572. The Labute approximate surface area is 257 Å². The molecule has 5 aliphatic heterocycles. The number of alkyl halides is 1. The highest BCUT2D eigenvalue weighted by Gasteiger charge is 2.44. The van der Waals surface area contributed by atoms with Crippen LogP contribution in [-0.4, -0.2) is 75.4 Å². The Bertz CT molecular complexity index is 1320. The van der Waals surface area contributed by atoms with Gasteiger partial charge in [-0.2, -0.15) is 0 Å². The minimum absolute atomic E-state index is 0.164. The molecular weight excluding hydrogens is 572 g/mol. The predicted molar refractivity (Wildman–Crippen MR) is 171 cm³/mol. The highest BCUT2D eigenvalue weighted by Crippen LogP contribution is 2.45. The molecule has 42 heavy (non-hydrogen) atoms. The Morgan fingerprint density at radius 3 is 2.81 bits per heavy atom. The van der Waals surface area contributed by atoms with Crippen molar-refractivity contribution in [3.05, 3.63) is 82.3 Å². The minimum Gasteiger partial charge on any atom is -0.372 e. The second kappa shape index (κ2) is 12.7. The molecule has 0 aliphatic carbocycles. The number of thioether (sulfide) groups is 1. The van der Waals surface area contributed by atoms with Crippen LogP contribution in [0.2, 0.25) is 5.02 Å². The van der Waals surface area contributed by atoms with E-state index >= 15 is 0 Å². The molecule has 1 aromatic carbocycles. The van der Waals surface area contributed by atoms with Gasteiger partial charge in [-0.25, -0.2) is 8.78 Å². The van der Waals surface area contributed by atoms with Gasteiger partial charge >= 0.3 is 0 Å². The van der Waals surface area contributed by atoms with Crippen LogP contribution in [0.4, 0.5) is 8.78 Å². The van der Waals surface area contributed by atoms with Crippen molar-refractivity contribution in [3.8, 4) is 0 Å². The molecule has 0 radical (unpaired) electrons. The molecule has 6 atom stereocenters. The number of rotatable bonds is 11. The zero-order chi connectivity index (χ0) is 29.4. The molecule has 1 aromatic rings. The summed E-state index contributed by atoms with van der Waals surface area (Å²) in [7, 11) is 0. The topological polar surface area (TPSA) is 45.9 Å². The molecule has 5 nitrogen and oxygen atoms in total. The number of nitrogens with one attached hydrogen (secondary N) is 1. The quantitative estimate of drug-likeness (QED) is 0.261. The fourth-order valence-corrected chi connectivity index (χ4v) is 8.51. The van der Waals surface area contributed by atoms with E-state index in [-0.39, 0.29) is 17.7 Å². The number of amidine groups is 1. The molecule has 0 spiro atoms. The summed E-state index contributed by atoms with van der Waals surface area (Å²) in [6, 6.07) is 5.53. The second-order valence-corrected chi connectivity index (χ2v) is 13.6. The van der Waals surface area contributed by atoms with Crippen molar-refractivity contribution in [2.75, 3.05) is 19.6 Å². The fraction of sp³-hybridized carbons (Fsp3) is 0.515. The zero-order valence-electron chi connectivity index (χ0n) is 24.2. The summed E-state index contributed by atoms with van der Waals surface area (Å²) >= 11 is 8.39. The van der Waals surface area contributed by atoms with Gasteiger partial charge in [0.05, 0.1) is 17.0 Å². The molecule has 5 aliphatic rings. The van der Waals surface area contributed by atoms with Crippen LogP contribution in [0.3, 0.4) is 0 Å². The maximum Gasteiger partial charge on any atom is 0.124 e. The van der Waals surface area contributed by atoms with Crippen molar-refractivity contribution in [1.29, 1.82) is 5.41 Å². The number of benzene rings is 1. The number of aliphatic imine (C=N–C) groups is 1. The third-order valence-electron chi connectivity index (χ3n) is 9.42. The van der Waals surface area contributed by atoms with Crippen molar-refractivity contribution in [2.24, 2.45) is 4.99 Å². The van der Waals surface area contributed by atoms with Gasteiger partial charge in [-0.3, -0.25) is 9.89 Å². The number of nitrogens with zero attached hydrogens (tertiary/aromatic N) is 4. The molecule has 3 saturated heterocycles. The first-order chi connectivity index (χ1) is 20.3. The van der Waals surface area contributed by atoms with E-state index in [4.69, 9.17) is 22.0 Å². The summed E-state index contributed by atoms with van der Waals surface area (Å²) in [5, 5.41) is 11.8. The number of hydrogen-bond donors (Lipinski definition) is 1. The van der Waals surface area contributed by atoms with Crippen LogP contribution in [0.25, 0.3) is 0 Å². The number of fused-ring (bicyclic) bond motifs is 3. The van der Waals surface area contributed by atoms with Gasteiger partial charge in [0, 0.05) is 60.0 Å². The van der Waals surface area contributed by atoms with Crippen molar-refractivity contribution in [1.82, 2.24) is 14.7 Å². The van der Waals surface area contributed by atoms with Crippen LogP contribution in [0.15, 0.2) is 70.9 Å². The van der Waals surface area contributed by atoms with E-state index in [1.807, 2.05) is 6.20 Å². The molecule has 224 valence electrons. The number of piperidine rings is 1. The Balaban J connectivity index is 1.34. The van der Waals surface area contributed by atoms with E-state index in [0.29, 0.717) is 16.3 Å². The second-order valence-electron chi connectivity index (χ2n) is 12.1. The van der Waals surface area contributed by atoms with Gasteiger partial charge in [0.15, 0.2) is 0 Å². The van der Waals surface area contributed by atoms with Crippen molar-refractivity contribution >= 4 is 34.9 Å². The van der Waals surface area contributed by atoms with Crippen LogP contribution in [0.5, 0.6) is 0 Å². The van der Waals surface area contributed by atoms with Gasteiger partial charge in [0.2, 0.25) is 0 Å². The lowest BCUT2D eigenvalue weighted by atomic mass is 9.80. The van der Waals surface area contributed by atoms with Gasteiger partial charge in [0.25, 0.3) is 0 Å². The Morgan fingerprint density at radius 2 is 2.14 bits per heavy atom. The first kappa shape index (κ1) is 29.6. The smallest absolute Gasteiger partial charge is 0.124 e. The highest BCUT2D eigenvalue weighted by atomic mass is 35.5. The molecule has 2 bridgehead atoms. The molecule has 0 aromatic heterocycles. The van der Waals surface area contributed by atoms with E-state index in [1.54, 1.807) is 30.0 Å². The molecule has 4 unspecified atom stereocenters. The molecule has 3 fully saturated rings. The molecule has 1 N–H and O–H groups in total. The lowest BCUT2D eigenvalue weighted by Gasteiger charge is -2.53. The maximum absolute atomic E-state index is 14.1. The number of halogens is 3. The lowest BCUT2D eigenvalue weighted by molar-refractivity contribution is -0.0314. The molecule has 5 heterocycles. The van der Waals surface area contributed by atoms with E-state index in [9.17, 15) is 8.78 Å². The van der Waals surface area contributed by atoms with Gasteiger partial charge in [-0.1, -0.05) is 42.8 Å². The molecule has 0 amide bonds. The highest BCUT2D eigenvalue weighted by molar-refractivity contribution is 8.03. The van der Waals surface area contributed by atoms with Crippen molar-refractivity contribution in [3.63, 3.8) is 0 Å². The standard InChI is InChI=1S/C33H40ClF2N5S/c1-3-39(14-15-40-23-8-5-9-24(40)18-23)25-19-29-31(28(37)10-4-7-21(2)35)32(26-13-12-22(36)17-27(26)34)38-33(41(29)20-25)30-11-6-16-42-30/h3-4,6,10,12-13,16-17,21,23-25,30,32,37H,1,5,7-9,11,14-15,18-20H2,2H3/b10-4-,37-28?/t21?,23?,24?,25-,30?,32-/m0/s1. The van der Waals surface area contributed by atoms with Gasteiger partial charge < -0.3 is 15.2 Å². The number of hydrogen-bond acceptors (Lipinski definition) is 6. The van der Waals surface area contributed by atoms with Gasteiger partial charge in [-0.15, -0.1) is 11.8 Å². The monoisotopic (exact) mass is 611 g/mol. The van der Waals surface area contributed by atoms with Crippen LogP contribution in [0.1, 0.15) is 63.5 Å². The normalized spacial score (nSPS) is 29.5. The summed E-state index contributed by atoms with van der Waals surface area (Å²) in [5.41, 5.74) is 2.78. The van der Waals surface area contributed by atoms with Crippen LogP contribution >= 0.6 is 23.4 Å². The first-order valence-electron chi connectivity index (χ1n) is 15.2. The van der Waals surface area contributed by atoms with E-state index in [2.05, 4.69) is 32.8 Å². The fourth-order valence-electron chi connectivity index (χ4n) is 7.30. The Hall–Kier alpha value is -2.42. The molecular formula is C33H40ClF2N5S. The molecule has 0 saturated carbocycles. The third-order valence-corrected chi connectivity index (χ3v) is 10.8. The third kappa shape index (κ3) is 5.87. The summed E-state index contributed by atoms with van der Waals surface area (Å²) in [6.45, 7) is 8.43. The Kier molecular flexibility index (Phi) is 8.94. The van der Waals surface area contributed by atoms with Gasteiger partial charge in [-0.05, 0) is 68.8 Å². The number of allylic oxidation sites excluding steroid dienone is 3. The van der Waals surface area contributed by atoms with Crippen molar-refractivity contribution < 1.29 is 8.78 Å².